The zero-order chi connectivity index (χ0) is 44.8. The fourth-order valence-corrected chi connectivity index (χ4v) is 12.7. The van der Waals surface area contributed by atoms with E-state index in [-0.39, 0.29) is 0 Å². The van der Waals surface area contributed by atoms with Crippen molar-refractivity contribution in [3.05, 3.63) is 271 Å². The lowest BCUT2D eigenvalue weighted by molar-refractivity contribution is 0.669. The molecule has 318 valence electrons. The molecule has 0 unspecified atom stereocenters. The lowest BCUT2D eigenvalue weighted by atomic mass is 9.67. The van der Waals surface area contributed by atoms with Crippen LogP contribution >= 0.6 is 11.3 Å². The predicted octanol–water partition coefficient (Wildman–Crippen LogP) is 18.3. The van der Waals surface area contributed by atoms with Gasteiger partial charge in [0.2, 0.25) is 0 Å². The average molecular weight is 884 g/mol. The Morgan fingerprint density at radius 2 is 0.897 bits per heavy atom. The Hall–Kier alpha value is -8.50. The van der Waals surface area contributed by atoms with Crippen molar-refractivity contribution in [3.63, 3.8) is 0 Å². The van der Waals surface area contributed by atoms with Crippen LogP contribution in [0.2, 0.25) is 0 Å². The van der Waals surface area contributed by atoms with E-state index in [4.69, 9.17) is 4.42 Å². The van der Waals surface area contributed by atoms with E-state index in [1.165, 1.54) is 81.0 Å². The summed E-state index contributed by atoms with van der Waals surface area (Å²) in [6.45, 7) is 0. The molecule has 0 radical (unpaired) electrons. The Kier molecular flexibility index (Phi) is 8.71. The van der Waals surface area contributed by atoms with Gasteiger partial charge in [-0.25, -0.2) is 0 Å². The average Bonchev–Trinajstić information content (AvgIpc) is 4.08. The van der Waals surface area contributed by atoms with E-state index in [1.54, 1.807) is 0 Å². The highest BCUT2D eigenvalue weighted by atomic mass is 32.1. The van der Waals surface area contributed by atoms with Gasteiger partial charge in [-0.05, 0) is 115 Å². The standard InChI is InChI=1S/C65H41NOS/c1-3-19-46(20-4-1)65(47-21-5-2-6-22-47)59-30-11-9-26-53(59)54-35-33-44(40-60(54)65)43-17-13-23-48(38-43)66(50-34-37-56-55-27-10-12-31-61(55)67-62(56)41-50)49-24-14-18-45(39-49)52-28-15-29-57-58-36-32-42-16-7-8-25-51(42)63(58)68-64(52)57/h1-41H. The van der Waals surface area contributed by atoms with Gasteiger partial charge in [-0.3, -0.25) is 0 Å². The van der Waals surface area contributed by atoms with Crippen molar-refractivity contribution in [2.24, 2.45) is 0 Å². The smallest absolute Gasteiger partial charge is 0.137 e. The summed E-state index contributed by atoms with van der Waals surface area (Å²) in [5.74, 6) is 0. The lowest BCUT2D eigenvalue weighted by Gasteiger charge is -2.34. The van der Waals surface area contributed by atoms with E-state index in [0.29, 0.717) is 0 Å². The molecule has 0 spiro atoms. The molecule has 0 saturated heterocycles. The van der Waals surface area contributed by atoms with Crippen LogP contribution in [0.3, 0.4) is 0 Å². The second kappa shape index (κ2) is 15.3. The first-order chi connectivity index (χ1) is 33.7. The number of benzene rings is 11. The van der Waals surface area contributed by atoms with Crippen molar-refractivity contribution in [3.8, 4) is 33.4 Å². The van der Waals surface area contributed by atoms with Gasteiger partial charge in [-0.1, -0.05) is 194 Å². The van der Waals surface area contributed by atoms with Gasteiger partial charge in [0.25, 0.3) is 0 Å². The number of nitrogens with zero attached hydrogens (tertiary/aromatic N) is 1. The summed E-state index contributed by atoms with van der Waals surface area (Å²) in [6, 6.07) is 91.3. The number of fused-ring (bicyclic) bond motifs is 11. The summed E-state index contributed by atoms with van der Waals surface area (Å²) >= 11 is 1.90. The first-order valence-electron chi connectivity index (χ1n) is 23.3. The number of hydrogen-bond donors (Lipinski definition) is 0. The Morgan fingerprint density at radius 3 is 1.72 bits per heavy atom. The summed E-state index contributed by atoms with van der Waals surface area (Å²) in [4.78, 5) is 2.39. The van der Waals surface area contributed by atoms with Crippen molar-refractivity contribution in [2.75, 3.05) is 4.90 Å². The molecule has 68 heavy (non-hydrogen) atoms. The molecule has 14 rings (SSSR count). The fraction of sp³-hybridized carbons (Fsp3) is 0.0154. The quantitative estimate of drug-likeness (QED) is 0.159. The first kappa shape index (κ1) is 38.7. The third-order valence-electron chi connectivity index (χ3n) is 14.3. The number of hydrogen-bond acceptors (Lipinski definition) is 3. The maximum absolute atomic E-state index is 6.55. The summed E-state index contributed by atoms with van der Waals surface area (Å²) in [6.07, 6.45) is 0. The molecule has 0 amide bonds. The predicted molar refractivity (Wildman–Crippen MR) is 287 cm³/mol. The Bertz CT molecular complexity index is 4070. The second-order valence-corrected chi connectivity index (χ2v) is 19.0. The zero-order valence-electron chi connectivity index (χ0n) is 36.9. The first-order valence-corrected chi connectivity index (χ1v) is 24.1. The molecular formula is C65H41NOS. The molecule has 2 aromatic heterocycles. The van der Waals surface area contributed by atoms with Gasteiger partial charge in [-0.15, -0.1) is 11.3 Å². The van der Waals surface area contributed by atoms with Gasteiger partial charge in [0.05, 0.1) is 5.41 Å². The molecule has 1 aliphatic rings. The largest absolute Gasteiger partial charge is 0.456 e. The monoisotopic (exact) mass is 883 g/mol. The zero-order valence-corrected chi connectivity index (χ0v) is 37.8. The van der Waals surface area contributed by atoms with Crippen LogP contribution in [0.15, 0.2) is 253 Å². The topological polar surface area (TPSA) is 16.4 Å². The third-order valence-corrected chi connectivity index (χ3v) is 15.6. The number of furan rings is 1. The van der Waals surface area contributed by atoms with Crippen LogP contribution in [-0.2, 0) is 5.41 Å². The maximum atomic E-state index is 6.55. The van der Waals surface area contributed by atoms with Gasteiger partial charge in [0.15, 0.2) is 0 Å². The van der Waals surface area contributed by atoms with Crippen molar-refractivity contribution in [1.29, 1.82) is 0 Å². The highest BCUT2D eigenvalue weighted by Gasteiger charge is 2.46. The molecule has 0 bridgehead atoms. The maximum Gasteiger partial charge on any atom is 0.137 e. The van der Waals surface area contributed by atoms with Crippen LogP contribution in [0.5, 0.6) is 0 Å². The van der Waals surface area contributed by atoms with E-state index in [1.807, 2.05) is 17.4 Å². The molecule has 3 heteroatoms. The molecular weight excluding hydrogens is 843 g/mol. The number of para-hydroxylation sites is 1. The second-order valence-electron chi connectivity index (χ2n) is 18.0. The molecule has 0 N–H and O–H groups in total. The van der Waals surface area contributed by atoms with Crippen molar-refractivity contribution in [2.45, 2.75) is 5.41 Å². The highest BCUT2D eigenvalue weighted by Crippen LogP contribution is 2.57. The summed E-state index contributed by atoms with van der Waals surface area (Å²) < 4.78 is 9.18. The van der Waals surface area contributed by atoms with E-state index in [2.05, 4.69) is 248 Å². The van der Waals surface area contributed by atoms with Crippen LogP contribution in [0, 0.1) is 0 Å². The minimum absolute atomic E-state index is 0.485. The molecule has 13 aromatic rings. The number of rotatable bonds is 7. The van der Waals surface area contributed by atoms with Crippen molar-refractivity contribution in [1.82, 2.24) is 0 Å². The van der Waals surface area contributed by atoms with Crippen molar-refractivity contribution >= 4 is 81.3 Å². The minimum Gasteiger partial charge on any atom is -0.456 e. The van der Waals surface area contributed by atoms with Gasteiger partial charge in [-0.2, -0.15) is 0 Å². The summed E-state index contributed by atoms with van der Waals surface area (Å²) in [5, 5.41) is 7.40. The minimum atomic E-state index is -0.485. The summed E-state index contributed by atoms with van der Waals surface area (Å²) in [7, 11) is 0. The van der Waals surface area contributed by atoms with Gasteiger partial charge in [0, 0.05) is 54.1 Å². The Balaban J connectivity index is 0.948. The normalized spacial score (nSPS) is 12.8. The molecule has 0 fully saturated rings. The van der Waals surface area contributed by atoms with Crippen LogP contribution in [0.25, 0.3) is 86.3 Å². The molecule has 0 atom stereocenters. The van der Waals surface area contributed by atoms with E-state index in [0.717, 1.165) is 44.6 Å². The SMILES string of the molecule is c1ccc(C2(c3ccccc3)c3ccccc3-c3ccc(-c4cccc(N(c5cccc(-c6cccc7c6sc6c8ccccc8ccc76)c5)c5ccc6c(c5)oc5ccccc56)c4)cc32)cc1. The highest BCUT2D eigenvalue weighted by molar-refractivity contribution is 7.27. The molecule has 1 aliphatic carbocycles. The van der Waals surface area contributed by atoms with Gasteiger partial charge >= 0.3 is 0 Å². The van der Waals surface area contributed by atoms with Crippen LogP contribution in [0.4, 0.5) is 17.1 Å². The lowest BCUT2D eigenvalue weighted by Crippen LogP contribution is -2.28. The third kappa shape index (κ3) is 5.83. The van der Waals surface area contributed by atoms with Crippen LogP contribution in [0.1, 0.15) is 22.3 Å². The van der Waals surface area contributed by atoms with Gasteiger partial charge in [0.1, 0.15) is 11.2 Å². The molecule has 11 aromatic carbocycles. The summed E-state index contributed by atoms with van der Waals surface area (Å²) in [5.41, 5.74) is 16.8. The number of anilines is 3. The van der Waals surface area contributed by atoms with Gasteiger partial charge < -0.3 is 9.32 Å². The fourth-order valence-electron chi connectivity index (χ4n) is 11.3. The van der Waals surface area contributed by atoms with E-state index < -0.39 is 5.41 Å². The van der Waals surface area contributed by atoms with Crippen molar-refractivity contribution < 1.29 is 4.42 Å². The van der Waals surface area contributed by atoms with Crippen LogP contribution < -0.4 is 4.90 Å². The van der Waals surface area contributed by atoms with E-state index in [9.17, 15) is 0 Å². The van der Waals surface area contributed by atoms with Crippen LogP contribution in [-0.4, -0.2) is 0 Å². The van der Waals surface area contributed by atoms with E-state index >= 15 is 0 Å². The molecule has 2 heterocycles. The molecule has 0 saturated carbocycles. The molecule has 0 aliphatic heterocycles. The molecule has 2 nitrogen and oxygen atoms in total. The number of thiophene rings is 1. The Morgan fingerprint density at radius 1 is 0.324 bits per heavy atom. The Labute approximate surface area is 398 Å².